The number of hydrogen-bond acceptors (Lipinski definition) is 2. The third-order valence-electron chi connectivity index (χ3n) is 1.92. The predicted molar refractivity (Wildman–Crippen MR) is 59.7 cm³/mol. The molecule has 1 aromatic rings. The molecule has 1 rings (SSSR count). The number of hydrogen-bond donors (Lipinski definition) is 1. The van der Waals surface area contributed by atoms with E-state index in [0.29, 0.717) is 0 Å². The molecule has 14 heavy (non-hydrogen) atoms. The number of nitrogens with one attached hydrogen (secondary N) is 1. The van der Waals surface area contributed by atoms with E-state index in [9.17, 15) is 0 Å². The van der Waals surface area contributed by atoms with Gasteiger partial charge in [0.25, 0.3) is 0 Å². The summed E-state index contributed by atoms with van der Waals surface area (Å²) in [6.07, 6.45) is 1.04. The van der Waals surface area contributed by atoms with Crippen LogP contribution in [0, 0.1) is 0 Å². The zero-order valence-electron chi connectivity index (χ0n) is 8.42. The van der Waals surface area contributed by atoms with E-state index in [2.05, 4.69) is 11.4 Å². The zero-order valence-corrected chi connectivity index (χ0v) is 9.18. The number of benzene rings is 1. The van der Waals surface area contributed by atoms with Crippen LogP contribution in [-0.4, -0.2) is 20.3 Å². The van der Waals surface area contributed by atoms with E-state index in [0.717, 1.165) is 31.1 Å². The second kappa shape index (κ2) is 6.82. The van der Waals surface area contributed by atoms with Crippen LogP contribution in [0.5, 0.6) is 0 Å². The molecule has 0 spiro atoms. The molecule has 0 unspecified atom stereocenters. The first-order valence-electron chi connectivity index (χ1n) is 4.77. The summed E-state index contributed by atoms with van der Waals surface area (Å²) in [5, 5.41) is 4.12. The molecular weight excluding hydrogens is 198 g/mol. The lowest BCUT2D eigenvalue weighted by atomic mass is 10.2. The Labute approximate surface area is 90.2 Å². The Balaban J connectivity index is 2.18. The van der Waals surface area contributed by atoms with E-state index in [4.69, 9.17) is 16.3 Å². The number of rotatable bonds is 6. The maximum Gasteiger partial charge on any atom is 0.0474 e. The molecule has 0 saturated carbocycles. The normalized spacial score (nSPS) is 10.4. The largest absolute Gasteiger partial charge is 0.385 e. The number of ether oxygens (including phenoxy) is 1. The molecular formula is C11H16ClNO. The average Bonchev–Trinajstić information content (AvgIpc) is 2.18. The summed E-state index contributed by atoms with van der Waals surface area (Å²) < 4.78 is 4.95. The number of halogens is 1. The van der Waals surface area contributed by atoms with Crippen LogP contribution >= 0.6 is 11.6 Å². The minimum atomic E-state index is 0.793. The maximum atomic E-state index is 5.86. The van der Waals surface area contributed by atoms with Crippen molar-refractivity contribution in [3.63, 3.8) is 0 Å². The van der Waals surface area contributed by atoms with Gasteiger partial charge in [0.05, 0.1) is 0 Å². The van der Waals surface area contributed by atoms with Gasteiger partial charge in [-0.25, -0.2) is 0 Å². The van der Waals surface area contributed by atoms with Crippen molar-refractivity contribution in [3.05, 3.63) is 34.9 Å². The molecule has 0 aromatic heterocycles. The Hall–Kier alpha value is -0.570. The summed E-state index contributed by atoms with van der Waals surface area (Å²) in [5.74, 6) is 0. The van der Waals surface area contributed by atoms with Gasteiger partial charge < -0.3 is 10.1 Å². The van der Waals surface area contributed by atoms with Crippen molar-refractivity contribution in [1.29, 1.82) is 0 Å². The van der Waals surface area contributed by atoms with Crippen molar-refractivity contribution < 1.29 is 4.74 Å². The third kappa shape index (κ3) is 4.61. The van der Waals surface area contributed by atoms with Crippen molar-refractivity contribution in [2.24, 2.45) is 0 Å². The smallest absolute Gasteiger partial charge is 0.0474 e. The molecule has 0 radical (unpaired) electrons. The van der Waals surface area contributed by atoms with Crippen molar-refractivity contribution in [3.8, 4) is 0 Å². The van der Waals surface area contributed by atoms with Gasteiger partial charge in [0.1, 0.15) is 0 Å². The Bertz CT molecular complexity index is 265. The Morgan fingerprint density at radius 2 is 2.29 bits per heavy atom. The second-order valence-electron chi connectivity index (χ2n) is 3.15. The van der Waals surface area contributed by atoms with Crippen LogP contribution in [0.2, 0.25) is 5.02 Å². The SMILES string of the molecule is COCCCNCc1cccc(Cl)c1. The van der Waals surface area contributed by atoms with Crippen LogP contribution in [0.1, 0.15) is 12.0 Å². The van der Waals surface area contributed by atoms with Crippen molar-refractivity contribution in [2.45, 2.75) is 13.0 Å². The first-order valence-corrected chi connectivity index (χ1v) is 5.15. The summed E-state index contributed by atoms with van der Waals surface area (Å²) in [7, 11) is 1.72. The van der Waals surface area contributed by atoms with Crippen LogP contribution in [0.25, 0.3) is 0 Å². The molecule has 0 atom stereocenters. The van der Waals surface area contributed by atoms with Gasteiger partial charge in [-0.15, -0.1) is 0 Å². The van der Waals surface area contributed by atoms with Crippen LogP contribution < -0.4 is 5.32 Å². The molecule has 0 saturated heterocycles. The van der Waals surface area contributed by atoms with Crippen LogP contribution in [-0.2, 0) is 11.3 Å². The minimum absolute atomic E-state index is 0.793. The quantitative estimate of drug-likeness (QED) is 0.734. The molecule has 1 N–H and O–H groups in total. The molecule has 0 aliphatic carbocycles. The molecule has 2 nitrogen and oxygen atoms in total. The Kier molecular flexibility index (Phi) is 5.60. The second-order valence-corrected chi connectivity index (χ2v) is 3.59. The van der Waals surface area contributed by atoms with E-state index in [1.807, 2.05) is 18.2 Å². The van der Waals surface area contributed by atoms with Gasteiger partial charge in [-0.3, -0.25) is 0 Å². The first kappa shape index (κ1) is 11.5. The molecule has 0 aliphatic rings. The fourth-order valence-electron chi connectivity index (χ4n) is 1.22. The standard InChI is InChI=1S/C11H16ClNO/c1-14-7-3-6-13-9-10-4-2-5-11(12)8-10/h2,4-5,8,13H,3,6-7,9H2,1H3. The van der Waals surface area contributed by atoms with E-state index < -0.39 is 0 Å². The fraction of sp³-hybridized carbons (Fsp3) is 0.455. The lowest BCUT2D eigenvalue weighted by molar-refractivity contribution is 0.194. The highest BCUT2D eigenvalue weighted by Crippen LogP contribution is 2.09. The van der Waals surface area contributed by atoms with Crippen molar-refractivity contribution in [1.82, 2.24) is 5.32 Å². The van der Waals surface area contributed by atoms with Gasteiger partial charge in [-0.1, -0.05) is 23.7 Å². The summed E-state index contributed by atoms with van der Waals surface area (Å²) in [4.78, 5) is 0. The van der Waals surface area contributed by atoms with Gasteiger partial charge in [-0.2, -0.15) is 0 Å². The Morgan fingerprint density at radius 1 is 1.43 bits per heavy atom. The lowest BCUT2D eigenvalue weighted by Crippen LogP contribution is -2.15. The molecule has 1 aromatic carbocycles. The summed E-state index contributed by atoms with van der Waals surface area (Å²) in [5.41, 5.74) is 1.22. The van der Waals surface area contributed by atoms with E-state index in [1.165, 1.54) is 5.56 Å². The third-order valence-corrected chi connectivity index (χ3v) is 2.16. The average molecular weight is 214 g/mol. The van der Waals surface area contributed by atoms with Crippen LogP contribution in [0.3, 0.4) is 0 Å². The van der Waals surface area contributed by atoms with Gasteiger partial charge >= 0.3 is 0 Å². The molecule has 3 heteroatoms. The van der Waals surface area contributed by atoms with E-state index in [1.54, 1.807) is 7.11 Å². The highest BCUT2D eigenvalue weighted by Gasteiger charge is 1.93. The van der Waals surface area contributed by atoms with Gasteiger partial charge in [0.2, 0.25) is 0 Å². The van der Waals surface area contributed by atoms with Crippen molar-refractivity contribution in [2.75, 3.05) is 20.3 Å². The molecule has 0 bridgehead atoms. The molecule has 0 amide bonds. The minimum Gasteiger partial charge on any atom is -0.385 e. The highest BCUT2D eigenvalue weighted by atomic mass is 35.5. The maximum absolute atomic E-state index is 5.86. The van der Waals surface area contributed by atoms with Crippen molar-refractivity contribution >= 4 is 11.6 Å². The van der Waals surface area contributed by atoms with E-state index >= 15 is 0 Å². The van der Waals surface area contributed by atoms with Crippen LogP contribution in [0.15, 0.2) is 24.3 Å². The number of methoxy groups -OCH3 is 1. The predicted octanol–water partition coefficient (Wildman–Crippen LogP) is 2.47. The molecule has 0 heterocycles. The van der Waals surface area contributed by atoms with Gasteiger partial charge in [0.15, 0.2) is 0 Å². The van der Waals surface area contributed by atoms with Gasteiger partial charge in [-0.05, 0) is 30.7 Å². The molecule has 0 fully saturated rings. The summed E-state index contributed by atoms with van der Waals surface area (Å²) >= 11 is 5.86. The fourth-order valence-corrected chi connectivity index (χ4v) is 1.43. The van der Waals surface area contributed by atoms with Crippen LogP contribution in [0.4, 0.5) is 0 Å². The zero-order chi connectivity index (χ0) is 10.2. The monoisotopic (exact) mass is 213 g/mol. The topological polar surface area (TPSA) is 21.3 Å². The lowest BCUT2D eigenvalue weighted by Gasteiger charge is -2.04. The molecule has 0 aliphatic heterocycles. The summed E-state index contributed by atoms with van der Waals surface area (Å²) in [6.45, 7) is 2.65. The highest BCUT2D eigenvalue weighted by molar-refractivity contribution is 6.30. The molecule has 78 valence electrons. The summed E-state index contributed by atoms with van der Waals surface area (Å²) in [6, 6.07) is 7.89. The van der Waals surface area contributed by atoms with Gasteiger partial charge in [0, 0.05) is 25.3 Å². The first-order chi connectivity index (χ1) is 6.83. The Morgan fingerprint density at radius 3 is 3.00 bits per heavy atom. The van der Waals surface area contributed by atoms with E-state index in [-0.39, 0.29) is 0 Å².